The Morgan fingerprint density at radius 1 is 1.17 bits per heavy atom. The second-order valence-electron chi connectivity index (χ2n) is 4.70. The summed E-state index contributed by atoms with van der Waals surface area (Å²) in [5.74, 6) is 1.75. The molecule has 1 aliphatic rings. The molecular weight excluding hydrogens is 294 g/mol. The van der Waals surface area contributed by atoms with E-state index in [4.69, 9.17) is 10.2 Å². The molecule has 0 unspecified atom stereocenters. The second-order valence-corrected chi connectivity index (χ2v) is 5.62. The van der Waals surface area contributed by atoms with Crippen molar-refractivity contribution in [3.05, 3.63) is 28.6 Å². The van der Waals surface area contributed by atoms with Crippen molar-refractivity contribution in [2.45, 2.75) is 31.6 Å². The minimum absolute atomic E-state index is 0.441. The molecule has 0 atom stereocenters. The summed E-state index contributed by atoms with van der Waals surface area (Å²) in [5, 5.41) is 8.28. The van der Waals surface area contributed by atoms with Gasteiger partial charge in [0, 0.05) is 21.6 Å². The van der Waals surface area contributed by atoms with Gasteiger partial charge in [-0.15, -0.1) is 10.2 Å². The van der Waals surface area contributed by atoms with Crippen molar-refractivity contribution in [1.29, 1.82) is 0 Å². The summed E-state index contributed by atoms with van der Waals surface area (Å²) in [4.78, 5) is 0. The highest BCUT2D eigenvalue weighted by molar-refractivity contribution is 9.10. The van der Waals surface area contributed by atoms with Gasteiger partial charge < -0.3 is 10.2 Å². The maximum Gasteiger partial charge on any atom is 0.247 e. The smallest absolute Gasteiger partial charge is 0.247 e. The van der Waals surface area contributed by atoms with Crippen molar-refractivity contribution >= 4 is 21.6 Å². The van der Waals surface area contributed by atoms with Crippen LogP contribution in [0.4, 0.5) is 5.69 Å². The van der Waals surface area contributed by atoms with Crippen LogP contribution in [0.15, 0.2) is 27.1 Å². The number of hydrogen-bond acceptors (Lipinski definition) is 4. The van der Waals surface area contributed by atoms with Crippen molar-refractivity contribution in [3.8, 4) is 11.5 Å². The predicted molar refractivity (Wildman–Crippen MR) is 73.1 cm³/mol. The number of benzene rings is 1. The van der Waals surface area contributed by atoms with E-state index >= 15 is 0 Å². The van der Waals surface area contributed by atoms with E-state index in [0.29, 0.717) is 17.5 Å². The Kier molecular flexibility index (Phi) is 3.07. The van der Waals surface area contributed by atoms with Gasteiger partial charge in [-0.2, -0.15) is 0 Å². The molecule has 1 fully saturated rings. The third-order valence-corrected chi connectivity index (χ3v) is 3.77. The molecule has 3 rings (SSSR count). The summed E-state index contributed by atoms with van der Waals surface area (Å²) in [7, 11) is 0. The van der Waals surface area contributed by atoms with Crippen molar-refractivity contribution in [3.63, 3.8) is 0 Å². The van der Waals surface area contributed by atoms with Crippen LogP contribution >= 0.6 is 15.9 Å². The van der Waals surface area contributed by atoms with Gasteiger partial charge in [0.15, 0.2) is 0 Å². The molecule has 0 saturated heterocycles. The maximum absolute atomic E-state index is 5.81. The molecular formula is C13H14BrN3O. The molecule has 0 amide bonds. The molecule has 1 saturated carbocycles. The number of anilines is 1. The summed E-state index contributed by atoms with van der Waals surface area (Å²) in [6, 6.07) is 5.62. The fourth-order valence-electron chi connectivity index (χ4n) is 2.42. The van der Waals surface area contributed by atoms with Crippen molar-refractivity contribution in [2.24, 2.45) is 0 Å². The number of nitrogens with zero attached hydrogens (tertiary/aromatic N) is 2. The molecule has 1 heterocycles. The highest BCUT2D eigenvalue weighted by Gasteiger charge is 2.23. The van der Waals surface area contributed by atoms with Gasteiger partial charge in [-0.3, -0.25) is 0 Å². The third-order valence-electron chi connectivity index (χ3n) is 3.31. The van der Waals surface area contributed by atoms with Crippen molar-refractivity contribution < 1.29 is 4.42 Å². The number of rotatable bonds is 2. The lowest BCUT2D eigenvalue weighted by Crippen LogP contribution is -1.91. The molecule has 0 bridgehead atoms. The van der Waals surface area contributed by atoms with Gasteiger partial charge in [-0.05, 0) is 31.0 Å². The average molecular weight is 308 g/mol. The second kappa shape index (κ2) is 4.72. The van der Waals surface area contributed by atoms with Crippen LogP contribution in [0, 0.1) is 0 Å². The van der Waals surface area contributed by atoms with Crippen molar-refractivity contribution in [2.75, 3.05) is 5.73 Å². The van der Waals surface area contributed by atoms with E-state index in [-0.39, 0.29) is 0 Å². The van der Waals surface area contributed by atoms with E-state index in [0.717, 1.165) is 28.8 Å². The Balaban J connectivity index is 1.92. The molecule has 4 nitrogen and oxygen atoms in total. The lowest BCUT2D eigenvalue weighted by Gasteiger charge is -2.01. The average Bonchev–Trinajstić information content (AvgIpc) is 2.99. The fourth-order valence-corrected chi connectivity index (χ4v) is 2.94. The van der Waals surface area contributed by atoms with Crippen LogP contribution in [0.1, 0.15) is 37.5 Å². The third kappa shape index (κ3) is 2.27. The fraction of sp³-hybridized carbons (Fsp3) is 0.385. The Labute approximate surface area is 114 Å². The van der Waals surface area contributed by atoms with E-state index in [1.807, 2.05) is 18.2 Å². The maximum atomic E-state index is 5.81. The molecule has 0 aliphatic heterocycles. The Morgan fingerprint density at radius 2 is 1.94 bits per heavy atom. The van der Waals surface area contributed by atoms with Gasteiger partial charge in [0.2, 0.25) is 11.8 Å². The van der Waals surface area contributed by atoms with Crippen LogP contribution in [0.2, 0.25) is 0 Å². The van der Waals surface area contributed by atoms with Gasteiger partial charge >= 0.3 is 0 Å². The normalized spacial score (nSPS) is 16.3. The zero-order valence-electron chi connectivity index (χ0n) is 9.90. The van der Waals surface area contributed by atoms with Crippen LogP contribution < -0.4 is 5.73 Å². The summed E-state index contributed by atoms with van der Waals surface area (Å²) < 4.78 is 6.68. The molecule has 1 aromatic carbocycles. The van der Waals surface area contributed by atoms with E-state index in [1.165, 1.54) is 12.8 Å². The summed E-state index contributed by atoms with van der Waals surface area (Å²) >= 11 is 3.41. The first-order chi connectivity index (χ1) is 8.72. The zero-order valence-corrected chi connectivity index (χ0v) is 11.5. The van der Waals surface area contributed by atoms with Crippen LogP contribution in [-0.4, -0.2) is 10.2 Å². The number of halogens is 1. The Bertz CT molecular complexity index is 541. The standard InChI is InChI=1S/C13H14BrN3O/c14-10-5-9(6-11(15)7-10)13-17-16-12(18-13)8-3-1-2-4-8/h5-8H,1-4,15H2. The molecule has 18 heavy (non-hydrogen) atoms. The minimum Gasteiger partial charge on any atom is -0.420 e. The van der Waals surface area contributed by atoms with E-state index in [9.17, 15) is 0 Å². The molecule has 0 radical (unpaired) electrons. The molecule has 5 heteroatoms. The zero-order chi connectivity index (χ0) is 12.5. The van der Waals surface area contributed by atoms with Gasteiger partial charge in [0.1, 0.15) is 0 Å². The van der Waals surface area contributed by atoms with Gasteiger partial charge in [-0.25, -0.2) is 0 Å². The Morgan fingerprint density at radius 3 is 2.67 bits per heavy atom. The quantitative estimate of drug-likeness (QED) is 0.858. The van der Waals surface area contributed by atoms with Gasteiger partial charge in [-0.1, -0.05) is 28.8 Å². The van der Waals surface area contributed by atoms with E-state index in [1.54, 1.807) is 0 Å². The first-order valence-corrected chi connectivity index (χ1v) is 6.91. The summed E-state index contributed by atoms with van der Waals surface area (Å²) in [6.45, 7) is 0. The van der Waals surface area contributed by atoms with Gasteiger partial charge in [0.25, 0.3) is 0 Å². The first-order valence-electron chi connectivity index (χ1n) is 6.12. The minimum atomic E-state index is 0.441. The molecule has 2 aromatic rings. The van der Waals surface area contributed by atoms with Crippen LogP contribution in [0.3, 0.4) is 0 Å². The SMILES string of the molecule is Nc1cc(Br)cc(-c2nnc(C3CCCC3)o2)c1. The highest BCUT2D eigenvalue weighted by Crippen LogP contribution is 2.34. The largest absolute Gasteiger partial charge is 0.420 e. The van der Waals surface area contributed by atoms with Crippen LogP contribution in [0.25, 0.3) is 11.5 Å². The topological polar surface area (TPSA) is 64.9 Å². The monoisotopic (exact) mass is 307 g/mol. The summed E-state index contributed by atoms with van der Waals surface area (Å²) in [6.07, 6.45) is 4.82. The van der Waals surface area contributed by atoms with E-state index in [2.05, 4.69) is 26.1 Å². The Hall–Kier alpha value is -1.36. The number of aromatic nitrogens is 2. The molecule has 1 aliphatic carbocycles. The molecule has 0 spiro atoms. The van der Waals surface area contributed by atoms with Crippen molar-refractivity contribution in [1.82, 2.24) is 10.2 Å². The summed E-state index contributed by atoms with van der Waals surface area (Å²) in [5.41, 5.74) is 7.35. The molecule has 1 aromatic heterocycles. The van der Waals surface area contributed by atoms with Crippen LogP contribution in [-0.2, 0) is 0 Å². The molecule has 94 valence electrons. The molecule has 2 N–H and O–H groups in total. The number of nitrogen functional groups attached to an aromatic ring is 1. The first kappa shape index (κ1) is 11.7. The van der Waals surface area contributed by atoms with E-state index < -0.39 is 0 Å². The number of hydrogen-bond donors (Lipinski definition) is 1. The predicted octanol–water partition coefficient (Wildman–Crippen LogP) is 3.74. The lowest BCUT2D eigenvalue weighted by molar-refractivity contribution is 0.457. The van der Waals surface area contributed by atoms with Gasteiger partial charge in [0.05, 0.1) is 0 Å². The van der Waals surface area contributed by atoms with Crippen LogP contribution in [0.5, 0.6) is 0 Å². The lowest BCUT2D eigenvalue weighted by atomic mass is 10.1. The highest BCUT2D eigenvalue weighted by atomic mass is 79.9. The number of nitrogens with two attached hydrogens (primary N) is 1.